The zero-order chi connectivity index (χ0) is 13.0. The molecule has 4 heteroatoms. The summed E-state index contributed by atoms with van der Waals surface area (Å²) in [4.78, 5) is 1.24. The summed E-state index contributed by atoms with van der Waals surface area (Å²) in [5.41, 5.74) is 6.21. The first-order valence-corrected chi connectivity index (χ1v) is 8.44. The van der Waals surface area contributed by atoms with Gasteiger partial charge in [0.2, 0.25) is 0 Å². The van der Waals surface area contributed by atoms with Crippen molar-refractivity contribution in [2.75, 3.05) is 6.61 Å². The Morgan fingerprint density at radius 3 is 2.72 bits per heavy atom. The van der Waals surface area contributed by atoms with Gasteiger partial charge in [-0.05, 0) is 53.2 Å². The first kappa shape index (κ1) is 14.5. The summed E-state index contributed by atoms with van der Waals surface area (Å²) in [5.74, 6) is 0.750. The molecular weight excluding hydrogens is 310 g/mol. The fourth-order valence-corrected chi connectivity index (χ4v) is 4.08. The van der Waals surface area contributed by atoms with E-state index in [1.807, 2.05) is 0 Å². The summed E-state index contributed by atoms with van der Waals surface area (Å²) in [6.07, 6.45) is 6.38. The Hall–Kier alpha value is 0.1000. The van der Waals surface area contributed by atoms with Crippen LogP contribution >= 0.6 is 27.3 Å². The van der Waals surface area contributed by atoms with Crippen molar-refractivity contribution in [1.29, 1.82) is 0 Å². The average molecular weight is 332 g/mol. The predicted octanol–water partition coefficient (Wildman–Crippen LogP) is 4.50. The number of rotatable bonds is 6. The molecule has 1 heterocycles. The minimum Gasteiger partial charge on any atom is -0.371 e. The van der Waals surface area contributed by atoms with Gasteiger partial charge in [0.1, 0.15) is 6.10 Å². The van der Waals surface area contributed by atoms with E-state index >= 15 is 0 Å². The van der Waals surface area contributed by atoms with Crippen LogP contribution < -0.4 is 5.73 Å². The Labute approximate surface area is 122 Å². The second-order valence-electron chi connectivity index (χ2n) is 5.12. The predicted molar refractivity (Wildman–Crippen MR) is 80.9 cm³/mol. The molecule has 0 aliphatic heterocycles. The minimum absolute atomic E-state index is 0.0619. The van der Waals surface area contributed by atoms with E-state index in [0.29, 0.717) is 0 Å². The molecule has 1 aromatic rings. The molecule has 2 rings (SSSR count). The fraction of sp³-hybridized carbons (Fsp3) is 0.714. The van der Waals surface area contributed by atoms with E-state index in [0.717, 1.165) is 22.7 Å². The van der Waals surface area contributed by atoms with Gasteiger partial charge in [-0.15, -0.1) is 11.3 Å². The monoisotopic (exact) mass is 331 g/mol. The number of thiophene rings is 1. The Morgan fingerprint density at radius 2 is 2.17 bits per heavy atom. The largest absolute Gasteiger partial charge is 0.371 e. The van der Waals surface area contributed by atoms with Crippen LogP contribution in [-0.2, 0) is 4.74 Å². The lowest BCUT2D eigenvalue weighted by Crippen LogP contribution is -2.30. The molecule has 18 heavy (non-hydrogen) atoms. The van der Waals surface area contributed by atoms with E-state index in [9.17, 15) is 0 Å². The maximum absolute atomic E-state index is 6.21. The lowest BCUT2D eigenvalue weighted by atomic mass is 10.1. The standard InChI is InChI=1S/C14H22BrNOS/c1-2-11(16)14(12-7-8-13(15)18-12)17-9-10-5-3-4-6-10/h7-8,10-11,14H,2-6,9,16H2,1H3. The maximum atomic E-state index is 6.21. The van der Waals surface area contributed by atoms with Crippen LogP contribution in [0.15, 0.2) is 15.9 Å². The molecule has 2 N–H and O–H groups in total. The molecule has 0 amide bonds. The normalized spacial score (nSPS) is 20.2. The van der Waals surface area contributed by atoms with Gasteiger partial charge < -0.3 is 10.5 Å². The molecular formula is C14H22BrNOS. The van der Waals surface area contributed by atoms with Crippen LogP contribution in [-0.4, -0.2) is 12.6 Å². The zero-order valence-electron chi connectivity index (χ0n) is 10.9. The first-order valence-electron chi connectivity index (χ1n) is 6.83. The molecule has 1 saturated carbocycles. The second-order valence-corrected chi connectivity index (χ2v) is 7.61. The van der Waals surface area contributed by atoms with E-state index in [1.54, 1.807) is 11.3 Å². The number of ether oxygens (including phenoxy) is 1. The summed E-state index contributed by atoms with van der Waals surface area (Å²) in [6.45, 7) is 2.99. The Kier molecular flexibility index (Phi) is 5.67. The fourth-order valence-electron chi connectivity index (χ4n) is 2.53. The van der Waals surface area contributed by atoms with Crippen molar-refractivity contribution < 1.29 is 4.74 Å². The smallest absolute Gasteiger partial charge is 0.107 e. The van der Waals surface area contributed by atoms with E-state index in [-0.39, 0.29) is 12.1 Å². The molecule has 0 saturated heterocycles. The summed E-state index contributed by atoms with van der Waals surface area (Å²) >= 11 is 5.24. The van der Waals surface area contributed by atoms with Crippen molar-refractivity contribution >= 4 is 27.3 Å². The van der Waals surface area contributed by atoms with Crippen LogP contribution in [0.3, 0.4) is 0 Å². The summed E-state index contributed by atoms with van der Waals surface area (Å²) in [6, 6.07) is 4.30. The summed E-state index contributed by atoms with van der Waals surface area (Å²) in [7, 11) is 0. The third-order valence-corrected chi connectivity index (χ3v) is 5.41. The van der Waals surface area contributed by atoms with Crippen molar-refractivity contribution in [2.24, 2.45) is 11.7 Å². The van der Waals surface area contributed by atoms with E-state index in [2.05, 4.69) is 35.0 Å². The quantitative estimate of drug-likeness (QED) is 0.833. The highest BCUT2D eigenvalue weighted by Crippen LogP contribution is 2.33. The molecule has 0 bridgehead atoms. The highest BCUT2D eigenvalue weighted by atomic mass is 79.9. The molecule has 2 nitrogen and oxygen atoms in total. The molecule has 102 valence electrons. The van der Waals surface area contributed by atoms with Gasteiger partial charge >= 0.3 is 0 Å². The van der Waals surface area contributed by atoms with Crippen molar-refractivity contribution in [2.45, 2.75) is 51.2 Å². The van der Waals surface area contributed by atoms with Crippen LogP contribution in [0.5, 0.6) is 0 Å². The van der Waals surface area contributed by atoms with E-state index in [4.69, 9.17) is 10.5 Å². The van der Waals surface area contributed by atoms with Crippen LogP contribution in [0.1, 0.15) is 50.0 Å². The third kappa shape index (κ3) is 3.80. The lowest BCUT2D eigenvalue weighted by Gasteiger charge is -2.24. The van der Waals surface area contributed by atoms with Crippen molar-refractivity contribution in [3.05, 3.63) is 20.8 Å². The topological polar surface area (TPSA) is 35.2 Å². The molecule has 1 fully saturated rings. The Balaban J connectivity index is 1.96. The van der Waals surface area contributed by atoms with Gasteiger partial charge in [-0.2, -0.15) is 0 Å². The molecule has 0 aromatic carbocycles. The van der Waals surface area contributed by atoms with Gasteiger partial charge in [0.05, 0.1) is 10.4 Å². The average Bonchev–Trinajstić information content (AvgIpc) is 3.01. The molecule has 0 radical (unpaired) electrons. The third-order valence-electron chi connectivity index (χ3n) is 3.72. The highest BCUT2D eigenvalue weighted by Gasteiger charge is 2.23. The SMILES string of the molecule is CCC(N)C(OCC1CCCC1)c1ccc(Br)s1. The summed E-state index contributed by atoms with van der Waals surface area (Å²) in [5, 5.41) is 0. The highest BCUT2D eigenvalue weighted by molar-refractivity contribution is 9.11. The first-order chi connectivity index (χ1) is 8.70. The van der Waals surface area contributed by atoms with Crippen LogP contribution in [0.2, 0.25) is 0 Å². The molecule has 2 atom stereocenters. The van der Waals surface area contributed by atoms with E-state index < -0.39 is 0 Å². The van der Waals surface area contributed by atoms with Crippen molar-refractivity contribution in [3.63, 3.8) is 0 Å². The zero-order valence-corrected chi connectivity index (χ0v) is 13.3. The molecule has 0 spiro atoms. The Bertz CT molecular complexity index is 362. The van der Waals surface area contributed by atoms with Gasteiger partial charge in [0.15, 0.2) is 0 Å². The number of nitrogens with two attached hydrogens (primary N) is 1. The molecule has 2 unspecified atom stereocenters. The van der Waals surface area contributed by atoms with Crippen LogP contribution in [0.25, 0.3) is 0 Å². The van der Waals surface area contributed by atoms with Crippen molar-refractivity contribution in [1.82, 2.24) is 0 Å². The van der Waals surface area contributed by atoms with Gasteiger partial charge in [-0.25, -0.2) is 0 Å². The van der Waals surface area contributed by atoms with Gasteiger partial charge in [-0.3, -0.25) is 0 Å². The van der Waals surface area contributed by atoms with Crippen LogP contribution in [0.4, 0.5) is 0 Å². The molecule has 1 aromatic heterocycles. The number of hydrogen-bond donors (Lipinski definition) is 1. The summed E-state index contributed by atoms with van der Waals surface area (Å²) < 4.78 is 7.29. The molecule has 1 aliphatic carbocycles. The van der Waals surface area contributed by atoms with E-state index in [1.165, 1.54) is 30.6 Å². The van der Waals surface area contributed by atoms with Crippen molar-refractivity contribution in [3.8, 4) is 0 Å². The Morgan fingerprint density at radius 1 is 1.44 bits per heavy atom. The second kappa shape index (κ2) is 7.04. The number of halogens is 1. The van der Waals surface area contributed by atoms with Gasteiger partial charge in [-0.1, -0.05) is 19.8 Å². The van der Waals surface area contributed by atoms with Gasteiger partial charge in [0.25, 0.3) is 0 Å². The number of hydrogen-bond acceptors (Lipinski definition) is 3. The minimum atomic E-state index is 0.0619. The maximum Gasteiger partial charge on any atom is 0.107 e. The molecule has 1 aliphatic rings. The lowest BCUT2D eigenvalue weighted by molar-refractivity contribution is 0.0148. The van der Waals surface area contributed by atoms with Crippen LogP contribution in [0, 0.1) is 5.92 Å². The van der Waals surface area contributed by atoms with Gasteiger partial charge in [0, 0.05) is 10.9 Å².